The van der Waals surface area contributed by atoms with Crippen molar-refractivity contribution in [2.45, 2.75) is 38.7 Å². The van der Waals surface area contributed by atoms with E-state index < -0.39 is 17.7 Å². The zero-order valence-corrected chi connectivity index (χ0v) is 11.9. The van der Waals surface area contributed by atoms with Crippen LogP contribution in [0.5, 0.6) is 0 Å². The number of nitrogens with one attached hydrogen (secondary N) is 1. The second kappa shape index (κ2) is 9.66. The van der Waals surface area contributed by atoms with Crippen LogP contribution in [0.2, 0.25) is 0 Å². The Hall–Kier alpha value is -1.20. The number of hydrogen-bond acceptors (Lipinski definition) is 3. The lowest BCUT2D eigenvalue weighted by Gasteiger charge is -2.14. The summed E-state index contributed by atoms with van der Waals surface area (Å²) in [5, 5.41) is 12.2. The van der Waals surface area contributed by atoms with Crippen LogP contribution in [0.4, 0.5) is 14.5 Å². The molecule has 0 radical (unpaired) electrons. The van der Waals surface area contributed by atoms with Crippen molar-refractivity contribution in [2.24, 2.45) is 0 Å². The van der Waals surface area contributed by atoms with E-state index in [1.807, 2.05) is 0 Å². The highest BCUT2D eigenvalue weighted by Crippen LogP contribution is 2.17. The number of rotatable bonds is 10. The van der Waals surface area contributed by atoms with Crippen LogP contribution >= 0.6 is 0 Å². The maximum Gasteiger partial charge on any atom is 0.149 e. The van der Waals surface area contributed by atoms with Crippen LogP contribution in [0, 0.1) is 11.6 Å². The Kier molecular flexibility index (Phi) is 8.14. The van der Waals surface area contributed by atoms with Gasteiger partial charge in [0, 0.05) is 13.2 Å². The standard InChI is InChI=1S/C15H23F2NO2/c1-2-3-4-5-9-20-11-12(19)10-18-15-13(16)7-6-8-14(15)17/h6-8,12,18-19H,2-5,9-11H2,1H3. The van der Waals surface area contributed by atoms with E-state index in [0.717, 1.165) is 12.8 Å². The molecule has 3 nitrogen and oxygen atoms in total. The fourth-order valence-corrected chi connectivity index (χ4v) is 1.80. The molecule has 1 unspecified atom stereocenters. The van der Waals surface area contributed by atoms with E-state index in [1.165, 1.54) is 31.0 Å². The van der Waals surface area contributed by atoms with Gasteiger partial charge in [-0.2, -0.15) is 0 Å². The number of unbranched alkanes of at least 4 members (excludes halogenated alkanes) is 3. The van der Waals surface area contributed by atoms with Crippen LogP contribution in [0.1, 0.15) is 32.6 Å². The second-order valence-corrected chi connectivity index (χ2v) is 4.77. The van der Waals surface area contributed by atoms with Gasteiger partial charge in [-0.15, -0.1) is 0 Å². The molecule has 0 aliphatic heterocycles. The van der Waals surface area contributed by atoms with Crippen molar-refractivity contribution in [1.82, 2.24) is 0 Å². The number of aliphatic hydroxyl groups is 1. The second-order valence-electron chi connectivity index (χ2n) is 4.77. The van der Waals surface area contributed by atoms with Gasteiger partial charge in [0.05, 0.1) is 12.7 Å². The largest absolute Gasteiger partial charge is 0.389 e. The highest BCUT2D eigenvalue weighted by Gasteiger charge is 2.10. The predicted molar refractivity (Wildman–Crippen MR) is 75.8 cm³/mol. The Balaban J connectivity index is 2.18. The molecule has 0 saturated heterocycles. The average Bonchev–Trinajstić information content (AvgIpc) is 2.42. The lowest BCUT2D eigenvalue weighted by Crippen LogP contribution is -2.25. The minimum absolute atomic E-state index is 0.0484. The van der Waals surface area contributed by atoms with Crippen LogP contribution in [-0.2, 0) is 4.74 Å². The SMILES string of the molecule is CCCCCCOCC(O)CNc1c(F)cccc1F. The number of halogens is 2. The molecule has 0 saturated carbocycles. The van der Waals surface area contributed by atoms with E-state index in [-0.39, 0.29) is 18.8 Å². The highest BCUT2D eigenvalue weighted by atomic mass is 19.1. The molecule has 20 heavy (non-hydrogen) atoms. The summed E-state index contributed by atoms with van der Waals surface area (Å²) in [6, 6.07) is 3.63. The van der Waals surface area contributed by atoms with Gasteiger partial charge in [-0.25, -0.2) is 8.78 Å². The number of aliphatic hydroxyl groups excluding tert-OH is 1. The van der Waals surface area contributed by atoms with Crippen molar-refractivity contribution < 1.29 is 18.6 Å². The Morgan fingerprint density at radius 1 is 1.20 bits per heavy atom. The molecule has 0 heterocycles. The van der Waals surface area contributed by atoms with Crippen LogP contribution < -0.4 is 5.32 Å². The molecule has 0 aromatic heterocycles. The third kappa shape index (κ3) is 6.30. The van der Waals surface area contributed by atoms with Crippen molar-refractivity contribution in [1.29, 1.82) is 0 Å². The summed E-state index contributed by atoms with van der Waals surface area (Å²) in [6.45, 7) is 2.95. The number of para-hydroxylation sites is 1. The van der Waals surface area contributed by atoms with Crippen molar-refractivity contribution >= 4 is 5.69 Å². The first kappa shape index (κ1) is 16.9. The first-order valence-electron chi connectivity index (χ1n) is 7.08. The van der Waals surface area contributed by atoms with Gasteiger partial charge in [0.2, 0.25) is 0 Å². The van der Waals surface area contributed by atoms with E-state index in [4.69, 9.17) is 4.74 Å². The molecule has 1 aromatic rings. The van der Waals surface area contributed by atoms with E-state index in [0.29, 0.717) is 6.61 Å². The maximum absolute atomic E-state index is 13.3. The summed E-state index contributed by atoms with van der Waals surface area (Å²) in [6.07, 6.45) is 3.64. The van der Waals surface area contributed by atoms with Crippen LogP contribution in [0.3, 0.4) is 0 Å². The molecular formula is C15H23F2NO2. The van der Waals surface area contributed by atoms with Gasteiger partial charge in [0.25, 0.3) is 0 Å². The molecule has 0 spiro atoms. The molecule has 5 heteroatoms. The van der Waals surface area contributed by atoms with Crippen LogP contribution in [0.15, 0.2) is 18.2 Å². The van der Waals surface area contributed by atoms with Gasteiger partial charge in [-0.3, -0.25) is 0 Å². The number of anilines is 1. The summed E-state index contributed by atoms with van der Waals surface area (Å²) < 4.78 is 31.9. The van der Waals surface area contributed by atoms with Gasteiger partial charge >= 0.3 is 0 Å². The first-order chi connectivity index (χ1) is 9.65. The van der Waals surface area contributed by atoms with E-state index in [2.05, 4.69) is 12.2 Å². The third-order valence-corrected chi connectivity index (χ3v) is 2.93. The van der Waals surface area contributed by atoms with Gasteiger partial charge < -0.3 is 15.2 Å². The molecule has 0 fully saturated rings. The molecule has 1 aromatic carbocycles. The molecule has 1 rings (SSSR count). The molecule has 1 atom stereocenters. The topological polar surface area (TPSA) is 41.5 Å². The van der Waals surface area contributed by atoms with Crippen LogP contribution in [-0.4, -0.2) is 31.0 Å². The van der Waals surface area contributed by atoms with E-state index >= 15 is 0 Å². The first-order valence-corrected chi connectivity index (χ1v) is 7.08. The lowest BCUT2D eigenvalue weighted by atomic mass is 10.2. The van der Waals surface area contributed by atoms with Crippen molar-refractivity contribution in [3.05, 3.63) is 29.8 Å². The quantitative estimate of drug-likeness (QED) is 0.649. The zero-order valence-electron chi connectivity index (χ0n) is 11.9. The fourth-order valence-electron chi connectivity index (χ4n) is 1.80. The maximum atomic E-state index is 13.3. The lowest BCUT2D eigenvalue weighted by molar-refractivity contribution is 0.0416. The zero-order chi connectivity index (χ0) is 14.8. The van der Waals surface area contributed by atoms with Gasteiger partial charge in [-0.1, -0.05) is 32.3 Å². The summed E-state index contributed by atoms with van der Waals surface area (Å²) in [7, 11) is 0. The van der Waals surface area contributed by atoms with Gasteiger partial charge in [0.15, 0.2) is 0 Å². The smallest absolute Gasteiger partial charge is 0.149 e. The fraction of sp³-hybridized carbons (Fsp3) is 0.600. The number of benzene rings is 1. The van der Waals surface area contributed by atoms with Crippen molar-refractivity contribution in [3.8, 4) is 0 Å². The van der Waals surface area contributed by atoms with Crippen LogP contribution in [0.25, 0.3) is 0 Å². The summed E-state index contributed by atoms with van der Waals surface area (Å²) in [5.74, 6) is -1.34. The van der Waals surface area contributed by atoms with Crippen molar-refractivity contribution in [3.63, 3.8) is 0 Å². The third-order valence-electron chi connectivity index (χ3n) is 2.93. The highest BCUT2D eigenvalue weighted by molar-refractivity contribution is 5.46. The number of hydrogen-bond donors (Lipinski definition) is 2. The molecule has 0 amide bonds. The molecular weight excluding hydrogens is 264 g/mol. The average molecular weight is 287 g/mol. The minimum Gasteiger partial charge on any atom is -0.389 e. The Morgan fingerprint density at radius 3 is 2.55 bits per heavy atom. The molecule has 0 bridgehead atoms. The van der Waals surface area contributed by atoms with Gasteiger partial charge in [-0.05, 0) is 18.6 Å². The molecule has 114 valence electrons. The Morgan fingerprint density at radius 2 is 1.90 bits per heavy atom. The Bertz CT molecular complexity index is 368. The van der Waals surface area contributed by atoms with E-state index in [1.54, 1.807) is 0 Å². The van der Waals surface area contributed by atoms with E-state index in [9.17, 15) is 13.9 Å². The molecule has 0 aliphatic carbocycles. The summed E-state index contributed by atoms with van der Waals surface area (Å²) in [4.78, 5) is 0. The van der Waals surface area contributed by atoms with Gasteiger partial charge in [0.1, 0.15) is 17.3 Å². The monoisotopic (exact) mass is 287 g/mol. The molecule has 0 aliphatic rings. The van der Waals surface area contributed by atoms with Crippen molar-refractivity contribution in [2.75, 3.05) is 25.1 Å². The molecule has 2 N–H and O–H groups in total. The summed E-state index contributed by atoms with van der Waals surface area (Å²) in [5.41, 5.74) is -0.213. The normalized spacial score (nSPS) is 12.4. The summed E-state index contributed by atoms with van der Waals surface area (Å²) >= 11 is 0. The minimum atomic E-state index is -0.791. The number of ether oxygens (including phenoxy) is 1. The Labute approximate surface area is 119 Å². The predicted octanol–water partition coefficient (Wildman–Crippen LogP) is 3.33.